The first-order valence-electron chi connectivity index (χ1n) is 5.66. The fourth-order valence-corrected chi connectivity index (χ4v) is 2.84. The lowest BCUT2D eigenvalue weighted by Crippen LogP contribution is -2.51. The molecule has 2 atom stereocenters. The lowest BCUT2D eigenvalue weighted by Gasteiger charge is -2.50. The Bertz CT molecular complexity index is 275. The van der Waals surface area contributed by atoms with Gasteiger partial charge in [-0.3, -0.25) is 4.79 Å². The summed E-state index contributed by atoms with van der Waals surface area (Å²) in [6, 6.07) is 0. The fourth-order valence-electron chi connectivity index (χ4n) is 2.84. The first kappa shape index (κ1) is 10.7. The molecule has 15 heavy (non-hydrogen) atoms. The fraction of sp³-hybridized carbons (Fsp3) is 0.750. The van der Waals surface area contributed by atoms with Gasteiger partial charge < -0.3 is 9.84 Å². The van der Waals surface area contributed by atoms with Gasteiger partial charge in [-0.15, -0.1) is 0 Å². The second kappa shape index (κ2) is 3.97. The molecule has 3 nitrogen and oxygen atoms in total. The van der Waals surface area contributed by atoms with Crippen molar-refractivity contribution in [3.63, 3.8) is 0 Å². The van der Waals surface area contributed by atoms with Crippen LogP contribution in [-0.4, -0.2) is 23.8 Å². The minimum atomic E-state index is -0.322. The van der Waals surface area contributed by atoms with Crippen molar-refractivity contribution in [2.45, 2.75) is 38.7 Å². The van der Waals surface area contributed by atoms with Crippen LogP contribution in [-0.2, 0) is 9.53 Å². The third-order valence-electron chi connectivity index (χ3n) is 3.69. The van der Waals surface area contributed by atoms with Crippen LogP contribution in [0.15, 0.2) is 12.2 Å². The summed E-state index contributed by atoms with van der Waals surface area (Å²) in [6.45, 7) is 2.23. The molecule has 0 heterocycles. The predicted molar refractivity (Wildman–Crippen MR) is 56.2 cm³/mol. The smallest absolute Gasteiger partial charge is 0.306 e. The van der Waals surface area contributed by atoms with Crippen LogP contribution in [0.4, 0.5) is 0 Å². The summed E-state index contributed by atoms with van der Waals surface area (Å²) in [5, 5.41) is 10.0. The summed E-state index contributed by atoms with van der Waals surface area (Å²) in [5.41, 5.74) is 0.0666. The van der Waals surface area contributed by atoms with Crippen LogP contribution >= 0.6 is 0 Å². The zero-order chi connectivity index (χ0) is 10.9. The molecule has 0 aromatic rings. The minimum absolute atomic E-state index is 0.0666. The first-order chi connectivity index (χ1) is 7.18. The number of ether oxygens (including phenoxy) is 1. The van der Waals surface area contributed by atoms with Gasteiger partial charge in [0.1, 0.15) is 0 Å². The molecule has 0 aliphatic heterocycles. The van der Waals surface area contributed by atoms with E-state index in [1.165, 1.54) is 0 Å². The van der Waals surface area contributed by atoms with Crippen LogP contribution < -0.4 is 0 Å². The summed E-state index contributed by atoms with van der Waals surface area (Å²) in [7, 11) is 0. The van der Waals surface area contributed by atoms with Crippen molar-refractivity contribution >= 4 is 5.97 Å². The van der Waals surface area contributed by atoms with Crippen molar-refractivity contribution in [2.75, 3.05) is 6.61 Å². The van der Waals surface area contributed by atoms with Crippen molar-refractivity contribution in [1.82, 2.24) is 0 Å². The van der Waals surface area contributed by atoms with Crippen molar-refractivity contribution in [1.29, 1.82) is 0 Å². The number of hydrogen-bond acceptors (Lipinski definition) is 3. The van der Waals surface area contributed by atoms with E-state index in [2.05, 4.69) is 12.2 Å². The molecule has 0 aromatic carbocycles. The van der Waals surface area contributed by atoms with Crippen molar-refractivity contribution in [3.05, 3.63) is 12.2 Å². The van der Waals surface area contributed by atoms with Gasteiger partial charge in [0.25, 0.3) is 0 Å². The number of allylic oxidation sites excluding steroid dienone is 2. The molecular weight excluding hydrogens is 192 g/mol. The van der Waals surface area contributed by atoms with Crippen LogP contribution in [0.2, 0.25) is 0 Å². The number of esters is 1. The molecule has 2 aliphatic carbocycles. The second-order valence-corrected chi connectivity index (χ2v) is 4.66. The summed E-state index contributed by atoms with van der Waals surface area (Å²) >= 11 is 0. The van der Waals surface area contributed by atoms with Gasteiger partial charge in [0, 0.05) is 5.41 Å². The maximum absolute atomic E-state index is 11.2. The highest BCUT2D eigenvalue weighted by Crippen LogP contribution is 2.54. The summed E-state index contributed by atoms with van der Waals surface area (Å²) < 4.78 is 4.88. The van der Waals surface area contributed by atoms with Crippen molar-refractivity contribution < 1.29 is 14.6 Å². The molecule has 2 aliphatic rings. The SMILES string of the molecule is CCOC(=O)C[C@H]1CC2(CC=CC2)[C@@H]1O. The number of aliphatic hydroxyl groups excluding tert-OH is 1. The van der Waals surface area contributed by atoms with E-state index in [0.717, 1.165) is 19.3 Å². The van der Waals surface area contributed by atoms with Crippen LogP contribution in [0.5, 0.6) is 0 Å². The van der Waals surface area contributed by atoms with Crippen LogP contribution in [0.3, 0.4) is 0 Å². The minimum Gasteiger partial charge on any atom is -0.466 e. The Hall–Kier alpha value is -0.830. The topological polar surface area (TPSA) is 46.5 Å². The average molecular weight is 210 g/mol. The average Bonchev–Trinajstić information content (AvgIpc) is 2.68. The molecule has 0 saturated heterocycles. The molecule has 0 amide bonds. The first-order valence-corrected chi connectivity index (χ1v) is 5.66. The van der Waals surface area contributed by atoms with Gasteiger partial charge in [0.2, 0.25) is 0 Å². The van der Waals surface area contributed by atoms with E-state index in [-0.39, 0.29) is 23.4 Å². The lowest BCUT2D eigenvalue weighted by atomic mass is 9.57. The molecule has 1 N–H and O–H groups in total. The molecule has 2 rings (SSSR count). The molecule has 1 saturated carbocycles. The zero-order valence-corrected chi connectivity index (χ0v) is 9.11. The normalized spacial score (nSPS) is 31.6. The molecule has 0 aromatic heterocycles. The highest BCUT2D eigenvalue weighted by atomic mass is 16.5. The third-order valence-corrected chi connectivity index (χ3v) is 3.69. The zero-order valence-electron chi connectivity index (χ0n) is 9.11. The standard InChI is InChI=1S/C12H18O3/c1-2-15-10(13)7-9-8-12(11(9)14)5-3-4-6-12/h3-4,9,11,14H,2,5-8H2,1H3/t9-,11+/m0/s1. The highest BCUT2D eigenvalue weighted by molar-refractivity contribution is 5.70. The Morgan fingerprint density at radius 3 is 2.73 bits per heavy atom. The number of rotatable bonds is 3. The maximum atomic E-state index is 11.2. The van der Waals surface area contributed by atoms with E-state index < -0.39 is 0 Å². The lowest BCUT2D eigenvalue weighted by molar-refractivity contribution is -0.156. The molecule has 3 heteroatoms. The Kier molecular flexibility index (Phi) is 2.83. The molecule has 1 fully saturated rings. The van der Waals surface area contributed by atoms with E-state index >= 15 is 0 Å². The third kappa shape index (κ3) is 1.81. The van der Waals surface area contributed by atoms with Crippen LogP contribution in [0.1, 0.15) is 32.6 Å². The monoisotopic (exact) mass is 210 g/mol. The highest BCUT2D eigenvalue weighted by Gasteiger charge is 2.53. The number of carbonyl (C=O) groups is 1. The molecule has 0 radical (unpaired) electrons. The van der Waals surface area contributed by atoms with Gasteiger partial charge >= 0.3 is 5.97 Å². The number of carbonyl (C=O) groups excluding carboxylic acids is 1. The van der Waals surface area contributed by atoms with E-state index in [1.807, 2.05) is 0 Å². The quantitative estimate of drug-likeness (QED) is 0.569. The van der Waals surface area contributed by atoms with Gasteiger partial charge in [0.15, 0.2) is 0 Å². The Morgan fingerprint density at radius 2 is 2.20 bits per heavy atom. The summed E-state index contributed by atoms with van der Waals surface area (Å²) in [6.07, 6.45) is 7.20. The summed E-state index contributed by atoms with van der Waals surface area (Å²) in [5.74, 6) is -0.0636. The van der Waals surface area contributed by atoms with E-state index in [0.29, 0.717) is 13.0 Å². The van der Waals surface area contributed by atoms with Gasteiger partial charge in [-0.2, -0.15) is 0 Å². The molecule has 0 unspecified atom stereocenters. The van der Waals surface area contributed by atoms with E-state index in [9.17, 15) is 9.90 Å². The van der Waals surface area contributed by atoms with E-state index in [1.54, 1.807) is 6.92 Å². The largest absolute Gasteiger partial charge is 0.466 e. The molecule has 84 valence electrons. The Morgan fingerprint density at radius 1 is 1.53 bits per heavy atom. The Balaban J connectivity index is 1.81. The summed E-state index contributed by atoms with van der Waals surface area (Å²) in [4.78, 5) is 11.2. The molecular formula is C12H18O3. The van der Waals surface area contributed by atoms with Gasteiger partial charge in [0.05, 0.1) is 19.1 Å². The van der Waals surface area contributed by atoms with E-state index in [4.69, 9.17) is 4.74 Å². The Labute approximate surface area is 90.1 Å². The maximum Gasteiger partial charge on any atom is 0.306 e. The number of aliphatic hydroxyl groups is 1. The van der Waals surface area contributed by atoms with Crippen molar-refractivity contribution in [3.8, 4) is 0 Å². The second-order valence-electron chi connectivity index (χ2n) is 4.66. The van der Waals surface area contributed by atoms with Gasteiger partial charge in [-0.25, -0.2) is 0 Å². The predicted octanol–water partition coefficient (Wildman–Crippen LogP) is 1.66. The van der Waals surface area contributed by atoms with Crippen LogP contribution in [0.25, 0.3) is 0 Å². The molecule has 0 bridgehead atoms. The van der Waals surface area contributed by atoms with Gasteiger partial charge in [-0.05, 0) is 32.1 Å². The van der Waals surface area contributed by atoms with Gasteiger partial charge in [-0.1, -0.05) is 12.2 Å². The van der Waals surface area contributed by atoms with Crippen molar-refractivity contribution in [2.24, 2.45) is 11.3 Å². The van der Waals surface area contributed by atoms with Crippen LogP contribution in [0, 0.1) is 11.3 Å². The number of hydrogen-bond donors (Lipinski definition) is 1. The molecule has 1 spiro atoms.